The summed E-state index contributed by atoms with van der Waals surface area (Å²) in [4.78, 5) is 0. The molecular formula is C12H22N2O2. The molecule has 0 aromatic heterocycles. The summed E-state index contributed by atoms with van der Waals surface area (Å²) in [5.41, 5.74) is -0.370. The number of rotatable bonds is 6. The average molecular weight is 226 g/mol. The molecule has 1 N–H and O–H groups in total. The number of nitrogens with one attached hydrogen (secondary N) is 1. The van der Waals surface area contributed by atoms with E-state index < -0.39 is 0 Å². The van der Waals surface area contributed by atoms with Crippen LogP contribution in [0.4, 0.5) is 0 Å². The monoisotopic (exact) mass is 226 g/mol. The molecule has 1 aliphatic carbocycles. The third-order valence-corrected chi connectivity index (χ3v) is 3.08. The second-order valence-corrected chi connectivity index (χ2v) is 4.31. The molecule has 4 heteroatoms. The van der Waals surface area contributed by atoms with Crippen LogP contribution in [-0.4, -0.2) is 38.5 Å². The minimum Gasteiger partial charge on any atom is -0.382 e. The summed E-state index contributed by atoms with van der Waals surface area (Å²) in [6.07, 6.45) is 4.03. The molecule has 16 heavy (non-hydrogen) atoms. The van der Waals surface area contributed by atoms with Crippen molar-refractivity contribution in [1.82, 2.24) is 5.32 Å². The molecular weight excluding hydrogens is 204 g/mol. The Morgan fingerprint density at radius 3 is 2.94 bits per heavy atom. The van der Waals surface area contributed by atoms with Crippen LogP contribution in [0.1, 0.15) is 32.6 Å². The normalized spacial score (nSPS) is 29.9. The lowest BCUT2D eigenvalue weighted by Gasteiger charge is -2.36. The first-order chi connectivity index (χ1) is 7.76. The van der Waals surface area contributed by atoms with Crippen molar-refractivity contribution in [3.8, 4) is 6.07 Å². The first kappa shape index (κ1) is 13.4. The van der Waals surface area contributed by atoms with Crippen molar-refractivity contribution in [2.24, 2.45) is 0 Å². The van der Waals surface area contributed by atoms with E-state index in [1.165, 1.54) is 0 Å². The Hall–Kier alpha value is -0.630. The van der Waals surface area contributed by atoms with Gasteiger partial charge in [0, 0.05) is 13.5 Å². The molecule has 1 aliphatic rings. The minimum atomic E-state index is -0.370. The predicted octanol–water partition coefficient (Wildman–Crippen LogP) is 1.46. The molecule has 2 unspecified atom stereocenters. The Morgan fingerprint density at radius 1 is 1.50 bits per heavy atom. The zero-order chi connectivity index (χ0) is 11.9. The molecule has 0 bridgehead atoms. The Bertz CT molecular complexity index is 236. The van der Waals surface area contributed by atoms with E-state index in [-0.39, 0.29) is 11.6 Å². The third-order valence-electron chi connectivity index (χ3n) is 3.08. The van der Waals surface area contributed by atoms with Crippen molar-refractivity contribution in [3.05, 3.63) is 0 Å². The molecule has 0 saturated heterocycles. The van der Waals surface area contributed by atoms with Gasteiger partial charge < -0.3 is 9.47 Å². The van der Waals surface area contributed by atoms with Crippen molar-refractivity contribution in [2.45, 2.75) is 44.2 Å². The van der Waals surface area contributed by atoms with Crippen molar-refractivity contribution < 1.29 is 9.47 Å². The summed E-state index contributed by atoms with van der Waals surface area (Å²) < 4.78 is 10.7. The number of nitrogens with zero attached hydrogens (tertiary/aromatic N) is 1. The Kier molecular flexibility index (Phi) is 5.75. The van der Waals surface area contributed by atoms with Crippen LogP contribution in [0.25, 0.3) is 0 Å². The smallest absolute Gasteiger partial charge is 0.109 e. The van der Waals surface area contributed by atoms with E-state index in [0.717, 1.165) is 32.2 Å². The van der Waals surface area contributed by atoms with Gasteiger partial charge in [0.25, 0.3) is 0 Å². The van der Waals surface area contributed by atoms with Crippen LogP contribution >= 0.6 is 0 Å². The molecule has 0 amide bonds. The minimum absolute atomic E-state index is 0.197. The van der Waals surface area contributed by atoms with Crippen molar-refractivity contribution in [3.63, 3.8) is 0 Å². The Balaban J connectivity index is 2.42. The molecule has 2 atom stereocenters. The molecule has 92 valence electrons. The molecule has 0 aromatic rings. The van der Waals surface area contributed by atoms with Gasteiger partial charge in [0.2, 0.25) is 0 Å². The van der Waals surface area contributed by atoms with Gasteiger partial charge in [0.1, 0.15) is 5.54 Å². The summed E-state index contributed by atoms with van der Waals surface area (Å²) >= 11 is 0. The van der Waals surface area contributed by atoms with Crippen LogP contribution < -0.4 is 5.32 Å². The molecule has 0 aliphatic heterocycles. The SMILES string of the molecule is CCNC1(C#N)CCCC(OCCOC)C1. The summed E-state index contributed by atoms with van der Waals surface area (Å²) in [5.74, 6) is 0. The first-order valence-electron chi connectivity index (χ1n) is 6.03. The fourth-order valence-electron chi connectivity index (χ4n) is 2.30. The van der Waals surface area contributed by atoms with Crippen LogP contribution in [0.3, 0.4) is 0 Å². The molecule has 0 aromatic carbocycles. The molecule has 0 heterocycles. The lowest BCUT2D eigenvalue weighted by atomic mass is 9.81. The van der Waals surface area contributed by atoms with Gasteiger partial charge in [-0.25, -0.2) is 0 Å². The molecule has 0 radical (unpaired) electrons. The van der Waals surface area contributed by atoms with E-state index in [0.29, 0.717) is 13.2 Å². The second kappa shape index (κ2) is 6.85. The Labute approximate surface area is 97.9 Å². The summed E-state index contributed by atoms with van der Waals surface area (Å²) in [6, 6.07) is 2.42. The van der Waals surface area contributed by atoms with Crippen LogP contribution in [-0.2, 0) is 9.47 Å². The number of hydrogen-bond donors (Lipinski definition) is 1. The number of ether oxygens (including phenoxy) is 2. The summed E-state index contributed by atoms with van der Waals surface area (Å²) in [7, 11) is 1.67. The van der Waals surface area contributed by atoms with Crippen LogP contribution in [0, 0.1) is 11.3 Å². The van der Waals surface area contributed by atoms with E-state index in [1.54, 1.807) is 7.11 Å². The standard InChI is InChI=1S/C12H22N2O2/c1-3-14-12(10-13)6-4-5-11(9-12)16-8-7-15-2/h11,14H,3-9H2,1-2H3. The highest BCUT2D eigenvalue weighted by molar-refractivity contribution is 5.10. The number of hydrogen-bond acceptors (Lipinski definition) is 4. The van der Waals surface area contributed by atoms with Gasteiger partial charge in [-0.3, -0.25) is 5.32 Å². The fourth-order valence-corrected chi connectivity index (χ4v) is 2.30. The second-order valence-electron chi connectivity index (χ2n) is 4.31. The zero-order valence-corrected chi connectivity index (χ0v) is 10.3. The van der Waals surface area contributed by atoms with Gasteiger partial charge >= 0.3 is 0 Å². The maximum absolute atomic E-state index is 9.27. The van der Waals surface area contributed by atoms with Gasteiger partial charge in [-0.1, -0.05) is 6.92 Å². The highest BCUT2D eigenvalue weighted by Crippen LogP contribution is 2.29. The predicted molar refractivity (Wildman–Crippen MR) is 62.1 cm³/mol. The highest BCUT2D eigenvalue weighted by atomic mass is 16.5. The van der Waals surface area contributed by atoms with Crippen molar-refractivity contribution >= 4 is 0 Å². The van der Waals surface area contributed by atoms with Gasteiger partial charge in [0.05, 0.1) is 25.4 Å². The molecule has 1 saturated carbocycles. The van der Waals surface area contributed by atoms with E-state index in [2.05, 4.69) is 11.4 Å². The molecule has 1 fully saturated rings. The maximum atomic E-state index is 9.27. The average Bonchev–Trinajstić information content (AvgIpc) is 2.30. The third kappa shape index (κ3) is 3.75. The number of nitriles is 1. The van der Waals surface area contributed by atoms with Crippen molar-refractivity contribution in [1.29, 1.82) is 5.26 Å². The lowest BCUT2D eigenvalue weighted by Crippen LogP contribution is -2.49. The molecule has 4 nitrogen and oxygen atoms in total. The van der Waals surface area contributed by atoms with E-state index in [1.807, 2.05) is 6.92 Å². The van der Waals surface area contributed by atoms with E-state index >= 15 is 0 Å². The van der Waals surface area contributed by atoms with Crippen LogP contribution in [0.2, 0.25) is 0 Å². The van der Waals surface area contributed by atoms with Gasteiger partial charge in [-0.2, -0.15) is 5.26 Å². The van der Waals surface area contributed by atoms with Crippen molar-refractivity contribution in [2.75, 3.05) is 26.9 Å². The summed E-state index contributed by atoms with van der Waals surface area (Å²) in [6.45, 7) is 4.11. The molecule has 1 rings (SSSR count). The van der Waals surface area contributed by atoms with Crippen LogP contribution in [0.5, 0.6) is 0 Å². The van der Waals surface area contributed by atoms with E-state index in [4.69, 9.17) is 9.47 Å². The van der Waals surface area contributed by atoms with Gasteiger partial charge in [-0.15, -0.1) is 0 Å². The zero-order valence-electron chi connectivity index (χ0n) is 10.3. The highest BCUT2D eigenvalue weighted by Gasteiger charge is 2.36. The fraction of sp³-hybridized carbons (Fsp3) is 0.917. The van der Waals surface area contributed by atoms with E-state index in [9.17, 15) is 5.26 Å². The van der Waals surface area contributed by atoms with Gasteiger partial charge in [-0.05, 0) is 25.8 Å². The van der Waals surface area contributed by atoms with Gasteiger partial charge in [0.15, 0.2) is 0 Å². The largest absolute Gasteiger partial charge is 0.382 e. The van der Waals surface area contributed by atoms with Crippen LogP contribution in [0.15, 0.2) is 0 Å². The topological polar surface area (TPSA) is 54.3 Å². The summed E-state index contributed by atoms with van der Waals surface area (Å²) in [5, 5.41) is 12.6. The maximum Gasteiger partial charge on any atom is 0.109 e. The first-order valence-corrected chi connectivity index (χ1v) is 6.03. The molecule has 0 spiro atoms. The lowest BCUT2D eigenvalue weighted by molar-refractivity contribution is -0.0139. The Morgan fingerprint density at radius 2 is 2.31 bits per heavy atom. The number of methoxy groups -OCH3 is 1. The quantitative estimate of drug-likeness (QED) is 0.697.